The monoisotopic (exact) mass is 721 g/mol. The fourth-order valence-corrected chi connectivity index (χ4v) is 11.6. The minimum Gasteiger partial charge on any atom is -0.332 e. The van der Waals surface area contributed by atoms with E-state index < -0.39 is 38.9 Å². The molecule has 5 aliphatic rings. The fourth-order valence-electron chi connectivity index (χ4n) is 10.3. The molecular weight excluding hydrogens is 667 g/mol. The first-order valence-corrected chi connectivity index (χ1v) is 20.2. The Hall–Kier alpha value is -3.18. The number of fused-ring (bicyclic) bond motifs is 1. The number of hydrogen-bond donors (Lipinski definition) is 1. The molecule has 1 unspecified atom stereocenters. The van der Waals surface area contributed by atoms with Crippen molar-refractivity contribution in [2.45, 2.75) is 112 Å². The van der Waals surface area contributed by atoms with E-state index in [1.54, 1.807) is 42.2 Å². The van der Waals surface area contributed by atoms with Gasteiger partial charge >= 0.3 is 10.2 Å². The SMILES string of the molecule is C=C[C@@H]1C[C@]1(CC(=O)C1C[C@@]2(CN1C(=O)[C@@H](CC(=O)c1cccc(C(=O)CC)c1)C(C)(C)C)C(C)(C)C21CCC1)C(=O)NS(=O)(=O)N1CCCC1. The molecule has 5 atom stereocenters. The van der Waals surface area contributed by atoms with Gasteiger partial charge in [0.2, 0.25) is 11.8 Å². The highest BCUT2D eigenvalue weighted by molar-refractivity contribution is 7.87. The highest BCUT2D eigenvalue weighted by atomic mass is 32.2. The number of Topliss-reactive ketones (excluding diaryl/α,β-unsaturated/α-hetero) is 3. The summed E-state index contributed by atoms with van der Waals surface area (Å²) in [7, 11) is -4.05. The largest absolute Gasteiger partial charge is 0.332 e. The van der Waals surface area contributed by atoms with Gasteiger partial charge in [-0.3, -0.25) is 24.0 Å². The van der Waals surface area contributed by atoms with Crippen molar-refractivity contribution in [1.82, 2.24) is 13.9 Å². The number of carbonyl (C=O) groups is 5. The molecule has 2 aliphatic heterocycles. The van der Waals surface area contributed by atoms with E-state index in [9.17, 15) is 32.4 Å². The summed E-state index contributed by atoms with van der Waals surface area (Å²) >= 11 is 0. The van der Waals surface area contributed by atoms with Crippen LogP contribution in [-0.4, -0.2) is 72.5 Å². The van der Waals surface area contributed by atoms with Gasteiger partial charge in [0, 0.05) is 55.4 Å². The Morgan fingerprint density at radius 2 is 1.61 bits per heavy atom. The third-order valence-corrected chi connectivity index (χ3v) is 15.5. The lowest BCUT2D eigenvalue weighted by Gasteiger charge is -2.35. The molecule has 51 heavy (non-hydrogen) atoms. The Labute approximate surface area is 303 Å². The molecule has 2 amide bonds. The molecule has 1 aromatic carbocycles. The van der Waals surface area contributed by atoms with E-state index in [-0.39, 0.29) is 58.3 Å². The van der Waals surface area contributed by atoms with Gasteiger partial charge in [-0.15, -0.1) is 6.58 Å². The number of benzene rings is 1. The van der Waals surface area contributed by atoms with Gasteiger partial charge in [-0.1, -0.05) is 72.2 Å². The van der Waals surface area contributed by atoms with Gasteiger partial charge in [0.15, 0.2) is 17.3 Å². The van der Waals surface area contributed by atoms with Crippen LogP contribution in [0.5, 0.6) is 0 Å². The number of likely N-dealkylation sites (tertiary alicyclic amines) is 1. The second-order valence-corrected chi connectivity index (χ2v) is 19.3. The Kier molecular flexibility index (Phi) is 9.39. The van der Waals surface area contributed by atoms with Crippen LogP contribution >= 0.6 is 0 Å². The van der Waals surface area contributed by atoms with Crippen LogP contribution in [0.25, 0.3) is 0 Å². The van der Waals surface area contributed by atoms with Crippen LogP contribution < -0.4 is 4.72 Å². The molecule has 3 saturated carbocycles. The number of amides is 2. The summed E-state index contributed by atoms with van der Waals surface area (Å²) in [5.41, 5.74) is -1.35. The maximum absolute atomic E-state index is 14.9. The molecular formula is C40H55N3O7S. The van der Waals surface area contributed by atoms with Crippen LogP contribution in [0.2, 0.25) is 0 Å². The predicted molar refractivity (Wildman–Crippen MR) is 194 cm³/mol. The fraction of sp³-hybridized carbons (Fsp3) is 0.675. The lowest BCUT2D eigenvalue weighted by atomic mass is 9.73. The number of nitrogens with one attached hydrogen (secondary N) is 1. The van der Waals surface area contributed by atoms with Gasteiger partial charge in [-0.2, -0.15) is 12.7 Å². The summed E-state index contributed by atoms with van der Waals surface area (Å²) in [4.78, 5) is 71.2. The molecule has 2 spiro atoms. The molecule has 2 heterocycles. The van der Waals surface area contributed by atoms with Crippen LogP contribution in [0, 0.1) is 38.9 Å². The van der Waals surface area contributed by atoms with Crippen LogP contribution in [0.1, 0.15) is 126 Å². The zero-order chi connectivity index (χ0) is 37.4. The van der Waals surface area contributed by atoms with Gasteiger partial charge in [-0.25, -0.2) is 4.72 Å². The summed E-state index contributed by atoms with van der Waals surface area (Å²) in [6, 6.07) is 5.85. The number of hydrogen-bond acceptors (Lipinski definition) is 7. The minimum absolute atomic E-state index is 0.0367. The molecule has 1 aromatic rings. The van der Waals surface area contributed by atoms with E-state index in [0.29, 0.717) is 50.0 Å². The Morgan fingerprint density at radius 1 is 0.980 bits per heavy atom. The molecule has 0 aromatic heterocycles. The third kappa shape index (κ3) is 5.94. The summed E-state index contributed by atoms with van der Waals surface area (Å²) in [5.74, 6) is -2.61. The highest BCUT2D eigenvalue weighted by Gasteiger charge is 2.85. The Bertz CT molecular complexity index is 1770. The van der Waals surface area contributed by atoms with Crippen molar-refractivity contribution in [2.75, 3.05) is 19.6 Å². The van der Waals surface area contributed by atoms with E-state index >= 15 is 0 Å². The summed E-state index contributed by atoms with van der Waals surface area (Å²) in [6.07, 6.45) is 7.09. The third-order valence-electron chi connectivity index (χ3n) is 14.0. The van der Waals surface area contributed by atoms with E-state index in [0.717, 1.165) is 32.1 Å². The normalized spacial score (nSPS) is 29.7. The lowest BCUT2D eigenvalue weighted by molar-refractivity contribution is -0.144. The first-order chi connectivity index (χ1) is 23.8. The highest BCUT2D eigenvalue weighted by Crippen LogP contribution is 2.88. The zero-order valence-corrected chi connectivity index (χ0v) is 32.0. The number of carbonyl (C=O) groups excluding carboxylic acids is 5. The van der Waals surface area contributed by atoms with Crippen molar-refractivity contribution in [3.63, 3.8) is 0 Å². The van der Waals surface area contributed by atoms with Crippen molar-refractivity contribution in [3.8, 4) is 0 Å². The van der Waals surface area contributed by atoms with Crippen LogP contribution in [0.3, 0.4) is 0 Å². The van der Waals surface area contributed by atoms with Crippen molar-refractivity contribution in [1.29, 1.82) is 0 Å². The maximum Gasteiger partial charge on any atom is 0.303 e. The van der Waals surface area contributed by atoms with Gasteiger partial charge in [-0.05, 0) is 66.8 Å². The first-order valence-electron chi connectivity index (χ1n) is 18.8. The second-order valence-electron chi connectivity index (χ2n) is 17.6. The zero-order valence-electron chi connectivity index (χ0n) is 31.2. The quantitative estimate of drug-likeness (QED) is 0.197. The van der Waals surface area contributed by atoms with Crippen molar-refractivity contribution >= 4 is 39.4 Å². The van der Waals surface area contributed by atoms with Crippen LogP contribution in [-0.2, 0) is 24.6 Å². The lowest BCUT2D eigenvalue weighted by Crippen LogP contribution is -2.49. The average molecular weight is 722 g/mol. The van der Waals surface area contributed by atoms with Crippen molar-refractivity contribution in [3.05, 3.63) is 48.0 Å². The summed E-state index contributed by atoms with van der Waals surface area (Å²) in [6.45, 7) is 17.0. The number of nitrogens with zero attached hydrogens (tertiary/aromatic N) is 2. The van der Waals surface area contributed by atoms with E-state index in [1.807, 2.05) is 20.8 Å². The Morgan fingerprint density at radius 3 is 2.12 bits per heavy atom. The second kappa shape index (κ2) is 12.7. The molecule has 6 rings (SSSR count). The van der Waals surface area contributed by atoms with Gasteiger partial charge in [0.05, 0.1) is 17.4 Å². The van der Waals surface area contributed by atoms with Crippen LogP contribution in [0.4, 0.5) is 0 Å². The van der Waals surface area contributed by atoms with Gasteiger partial charge in [0.1, 0.15) is 0 Å². The van der Waals surface area contributed by atoms with Gasteiger partial charge < -0.3 is 4.90 Å². The molecule has 5 fully saturated rings. The molecule has 0 bridgehead atoms. The number of allylic oxidation sites excluding steroid dienone is 1. The molecule has 11 heteroatoms. The molecule has 10 nitrogen and oxygen atoms in total. The molecule has 2 saturated heterocycles. The van der Waals surface area contributed by atoms with Gasteiger partial charge in [0.25, 0.3) is 0 Å². The van der Waals surface area contributed by atoms with Crippen molar-refractivity contribution in [2.24, 2.45) is 38.9 Å². The van der Waals surface area contributed by atoms with E-state index in [2.05, 4.69) is 25.1 Å². The number of rotatable bonds is 13. The predicted octanol–water partition coefficient (Wildman–Crippen LogP) is 5.92. The molecule has 278 valence electrons. The summed E-state index contributed by atoms with van der Waals surface area (Å²) < 4.78 is 29.7. The smallest absolute Gasteiger partial charge is 0.303 e. The van der Waals surface area contributed by atoms with E-state index in [4.69, 9.17) is 0 Å². The van der Waals surface area contributed by atoms with E-state index in [1.165, 1.54) is 4.31 Å². The Balaban J connectivity index is 1.29. The first kappa shape index (κ1) is 37.6. The molecule has 0 radical (unpaired) electrons. The molecule has 3 aliphatic carbocycles. The molecule has 1 N–H and O–H groups in total. The topological polar surface area (TPSA) is 138 Å². The summed E-state index contributed by atoms with van der Waals surface area (Å²) in [5, 5.41) is 0. The minimum atomic E-state index is -4.05. The van der Waals surface area contributed by atoms with Crippen LogP contribution in [0.15, 0.2) is 36.9 Å². The standard InChI is InChI=1S/C40H55N3O7S/c1-8-28-22-38(28,35(48)41-51(49,50)42-18-10-11-19-42)24-33(46)30-23-40(37(6,7)39(40)16-13-17-39)25-43(30)34(47)29(36(3,4)5)21-32(45)27-15-12-14-26(20-27)31(44)9-2/h8,12,14-15,20,28-30H,1,9-11,13,16-19,21-25H2,2-7H3,(H,41,48)/t28-,29-,30?,38-,40-/m1/s1. The maximum atomic E-state index is 14.9. The van der Waals surface area contributed by atoms with Crippen molar-refractivity contribution < 1.29 is 32.4 Å². The average Bonchev–Trinajstić information content (AvgIpc) is 3.52. The number of ketones is 3.